The van der Waals surface area contributed by atoms with Gasteiger partial charge in [-0.2, -0.15) is 0 Å². The van der Waals surface area contributed by atoms with Gasteiger partial charge in [-0.05, 0) is 31.0 Å². The predicted octanol–water partition coefficient (Wildman–Crippen LogP) is 5.59. The van der Waals surface area contributed by atoms with Crippen molar-refractivity contribution in [3.8, 4) is 11.3 Å². The summed E-state index contributed by atoms with van der Waals surface area (Å²) in [5.74, 6) is -0.525. The number of thiophene rings is 1. The molecule has 0 saturated carbocycles. The van der Waals surface area contributed by atoms with Gasteiger partial charge in [0.2, 0.25) is 0 Å². The number of nitrogens with one attached hydrogen (secondary N) is 1. The molecule has 30 heavy (non-hydrogen) atoms. The lowest BCUT2D eigenvalue weighted by Gasteiger charge is -2.07. The van der Waals surface area contributed by atoms with E-state index < -0.39 is 0 Å². The van der Waals surface area contributed by atoms with Crippen LogP contribution in [-0.4, -0.2) is 24.5 Å². The molecule has 4 nitrogen and oxygen atoms in total. The molecule has 0 bridgehead atoms. The average molecular weight is 441 g/mol. The van der Waals surface area contributed by atoms with Gasteiger partial charge >= 0.3 is 0 Å². The second-order valence-electron chi connectivity index (χ2n) is 6.91. The van der Waals surface area contributed by atoms with E-state index in [1.54, 1.807) is 24.5 Å². The van der Waals surface area contributed by atoms with Crippen molar-refractivity contribution < 1.29 is 13.9 Å². The highest BCUT2D eigenvalue weighted by atomic mass is 32.1. The number of fused-ring (bicyclic) bond motifs is 1. The van der Waals surface area contributed by atoms with Crippen LogP contribution in [0.4, 0.5) is 4.39 Å². The Bertz CT molecular complexity index is 1180. The summed E-state index contributed by atoms with van der Waals surface area (Å²) in [4.78, 5) is 17.8. The first-order chi connectivity index (χ1) is 14.6. The van der Waals surface area contributed by atoms with Gasteiger partial charge in [0.1, 0.15) is 5.82 Å². The Morgan fingerprint density at radius 2 is 2.00 bits per heavy atom. The van der Waals surface area contributed by atoms with Gasteiger partial charge < -0.3 is 10.1 Å². The van der Waals surface area contributed by atoms with Gasteiger partial charge in [0.15, 0.2) is 0 Å². The van der Waals surface area contributed by atoms with Crippen LogP contribution in [0.15, 0.2) is 47.8 Å². The highest BCUT2D eigenvalue weighted by Gasteiger charge is 2.20. The maximum atomic E-state index is 14.3. The smallest absolute Gasteiger partial charge is 0.261 e. The molecule has 0 aliphatic carbocycles. The molecular formula is C23H21FN2O2S2. The number of aryl methyl sites for hydroxylation is 1. The maximum Gasteiger partial charge on any atom is 0.261 e. The van der Waals surface area contributed by atoms with Crippen LogP contribution in [0, 0.1) is 12.7 Å². The van der Waals surface area contributed by atoms with E-state index in [9.17, 15) is 9.18 Å². The maximum absolute atomic E-state index is 14.3. The molecule has 0 atom stereocenters. The molecule has 7 heteroatoms. The SMILES string of the molecule is COCc1c(C(=O)NCCc2ccc(-c3csc(C)n3)cc2)sc2cccc(F)c12. The lowest BCUT2D eigenvalue weighted by Crippen LogP contribution is -2.25. The van der Waals surface area contributed by atoms with E-state index in [4.69, 9.17) is 4.74 Å². The zero-order chi connectivity index (χ0) is 21.1. The van der Waals surface area contributed by atoms with Gasteiger partial charge in [-0.25, -0.2) is 9.37 Å². The molecular weight excluding hydrogens is 419 g/mol. The number of amides is 1. The average Bonchev–Trinajstić information content (AvgIpc) is 3.33. The van der Waals surface area contributed by atoms with Gasteiger partial charge in [-0.1, -0.05) is 30.3 Å². The minimum absolute atomic E-state index is 0.196. The summed E-state index contributed by atoms with van der Waals surface area (Å²) in [6, 6.07) is 13.1. The Morgan fingerprint density at radius 3 is 2.70 bits per heavy atom. The van der Waals surface area contributed by atoms with Crippen molar-refractivity contribution in [2.24, 2.45) is 0 Å². The molecule has 1 amide bonds. The van der Waals surface area contributed by atoms with Gasteiger partial charge in [-0.15, -0.1) is 22.7 Å². The summed E-state index contributed by atoms with van der Waals surface area (Å²) < 4.78 is 20.3. The van der Waals surface area contributed by atoms with Crippen LogP contribution < -0.4 is 5.32 Å². The normalized spacial score (nSPS) is 11.2. The standard InChI is InChI=1S/C23H21FN2O2S2/c1-14-26-19(13-29-14)16-8-6-15(7-9-16)10-11-25-23(27)22-17(12-28-2)21-18(24)4-3-5-20(21)30-22/h3-9,13H,10-12H2,1-2H3,(H,25,27). The quantitative estimate of drug-likeness (QED) is 0.407. The fourth-order valence-corrected chi connectivity index (χ4v) is 5.13. The molecule has 2 aromatic carbocycles. The summed E-state index contributed by atoms with van der Waals surface area (Å²) in [7, 11) is 1.54. The number of methoxy groups -OCH3 is 1. The third-order valence-electron chi connectivity index (χ3n) is 4.83. The van der Waals surface area contributed by atoms with E-state index in [0.29, 0.717) is 28.8 Å². The molecule has 2 aromatic heterocycles. The third-order valence-corrected chi connectivity index (χ3v) is 6.80. The largest absolute Gasteiger partial charge is 0.380 e. The van der Waals surface area contributed by atoms with Crippen LogP contribution in [0.5, 0.6) is 0 Å². The number of rotatable bonds is 7. The zero-order valence-corrected chi connectivity index (χ0v) is 18.3. The molecule has 1 N–H and O–H groups in total. The van der Waals surface area contributed by atoms with Crippen LogP contribution >= 0.6 is 22.7 Å². The molecule has 2 heterocycles. The van der Waals surface area contributed by atoms with E-state index >= 15 is 0 Å². The van der Waals surface area contributed by atoms with Crippen molar-refractivity contribution >= 4 is 38.7 Å². The fraction of sp³-hybridized carbons (Fsp3) is 0.217. The van der Waals surface area contributed by atoms with Gasteiger partial charge in [-0.3, -0.25) is 4.79 Å². The van der Waals surface area contributed by atoms with Crippen LogP contribution in [-0.2, 0) is 17.8 Å². The summed E-state index contributed by atoms with van der Waals surface area (Å²) in [6.45, 7) is 2.69. The van der Waals surface area contributed by atoms with E-state index in [1.165, 1.54) is 17.4 Å². The van der Waals surface area contributed by atoms with Crippen LogP contribution in [0.2, 0.25) is 0 Å². The zero-order valence-electron chi connectivity index (χ0n) is 16.7. The van der Waals surface area contributed by atoms with Gasteiger partial charge in [0.25, 0.3) is 5.91 Å². The number of hydrogen-bond donors (Lipinski definition) is 1. The Morgan fingerprint density at radius 1 is 1.20 bits per heavy atom. The number of ether oxygens (including phenoxy) is 1. The monoisotopic (exact) mass is 440 g/mol. The number of halogens is 1. The minimum Gasteiger partial charge on any atom is -0.380 e. The van der Waals surface area contributed by atoms with Crippen LogP contribution in [0.3, 0.4) is 0 Å². The highest BCUT2D eigenvalue weighted by molar-refractivity contribution is 7.21. The first-order valence-corrected chi connectivity index (χ1v) is 11.2. The second-order valence-corrected chi connectivity index (χ2v) is 9.02. The molecule has 0 radical (unpaired) electrons. The number of carbonyl (C=O) groups excluding carboxylic acids is 1. The molecule has 0 saturated heterocycles. The molecule has 154 valence electrons. The Kier molecular flexibility index (Phi) is 6.22. The summed E-state index contributed by atoms with van der Waals surface area (Å²) in [6.07, 6.45) is 0.709. The fourth-order valence-electron chi connectivity index (χ4n) is 3.37. The van der Waals surface area contributed by atoms with Crippen molar-refractivity contribution in [3.63, 3.8) is 0 Å². The van der Waals surface area contributed by atoms with E-state index in [1.807, 2.05) is 13.0 Å². The third kappa shape index (κ3) is 4.28. The Labute approximate surface area is 182 Å². The van der Waals surface area contributed by atoms with Crippen molar-refractivity contribution in [1.29, 1.82) is 0 Å². The van der Waals surface area contributed by atoms with Crippen LogP contribution in [0.1, 0.15) is 25.8 Å². The van der Waals surface area contributed by atoms with Crippen LogP contribution in [0.25, 0.3) is 21.3 Å². The molecule has 0 spiro atoms. The minimum atomic E-state index is -0.328. The van der Waals surface area contributed by atoms with Gasteiger partial charge in [0, 0.05) is 40.2 Å². The number of carbonyl (C=O) groups is 1. The highest BCUT2D eigenvalue weighted by Crippen LogP contribution is 2.33. The van der Waals surface area contributed by atoms with Crippen molar-refractivity contribution in [2.45, 2.75) is 20.0 Å². The number of thiazole rings is 1. The summed E-state index contributed by atoms with van der Waals surface area (Å²) in [5.41, 5.74) is 3.81. The Hall–Kier alpha value is -2.61. The summed E-state index contributed by atoms with van der Waals surface area (Å²) in [5, 5.41) is 6.53. The topological polar surface area (TPSA) is 51.2 Å². The van der Waals surface area contributed by atoms with Crippen molar-refractivity contribution in [3.05, 3.63) is 74.7 Å². The molecule has 0 unspecified atom stereocenters. The molecule has 0 aliphatic rings. The number of aromatic nitrogens is 1. The first-order valence-electron chi connectivity index (χ1n) is 9.55. The number of nitrogens with zero attached hydrogens (tertiary/aromatic N) is 1. The van der Waals surface area contributed by atoms with Gasteiger partial charge in [0.05, 0.1) is 22.2 Å². The molecule has 4 aromatic rings. The van der Waals surface area contributed by atoms with E-state index in [-0.39, 0.29) is 18.3 Å². The molecule has 0 fully saturated rings. The lowest BCUT2D eigenvalue weighted by atomic mass is 10.1. The number of benzene rings is 2. The second kappa shape index (κ2) is 9.04. The summed E-state index contributed by atoms with van der Waals surface area (Å²) >= 11 is 2.93. The molecule has 4 rings (SSSR count). The van der Waals surface area contributed by atoms with Crippen molar-refractivity contribution in [1.82, 2.24) is 10.3 Å². The first kappa shape index (κ1) is 20.7. The Balaban J connectivity index is 1.43. The lowest BCUT2D eigenvalue weighted by molar-refractivity contribution is 0.0954. The van der Waals surface area contributed by atoms with Crippen molar-refractivity contribution in [2.75, 3.05) is 13.7 Å². The predicted molar refractivity (Wildman–Crippen MR) is 121 cm³/mol. The molecule has 0 aliphatic heterocycles. The number of hydrogen-bond acceptors (Lipinski definition) is 5. The van der Waals surface area contributed by atoms with E-state index in [0.717, 1.165) is 26.5 Å². The van der Waals surface area contributed by atoms with E-state index in [2.05, 4.69) is 39.9 Å².